The van der Waals surface area contributed by atoms with E-state index >= 15 is 0 Å². The molecule has 7 nitrogen and oxygen atoms in total. The summed E-state index contributed by atoms with van der Waals surface area (Å²) in [7, 11) is 1.46. The van der Waals surface area contributed by atoms with Crippen molar-refractivity contribution in [2.24, 2.45) is 5.10 Å². The number of nitrogens with one attached hydrogen (secondary N) is 1. The van der Waals surface area contributed by atoms with Gasteiger partial charge in [-0.15, -0.1) is 11.3 Å². The summed E-state index contributed by atoms with van der Waals surface area (Å²) in [5.74, 6) is 0.304. The number of rotatable bonds is 9. The summed E-state index contributed by atoms with van der Waals surface area (Å²) in [5.41, 5.74) is 4.47. The largest absolute Gasteiger partial charge is 0.493 e. The van der Waals surface area contributed by atoms with Crippen molar-refractivity contribution in [3.63, 3.8) is 0 Å². The van der Waals surface area contributed by atoms with Crippen molar-refractivity contribution in [3.05, 3.63) is 123 Å². The van der Waals surface area contributed by atoms with Gasteiger partial charge in [0.25, 0.3) is 5.91 Å². The molecular weight excluding hydrogens is 583 g/mol. The maximum absolute atomic E-state index is 12.8. The Morgan fingerprint density at radius 3 is 2.41 bits per heavy atom. The van der Waals surface area contributed by atoms with Gasteiger partial charge in [-0.25, -0.2) is 10.2 Å². The Morgan fingerprint density at radius 2 is 1.68 bits per heavy atom. The van der Waals surface area contributed by atoms with Crippen molar-refractivity contribution in [3.8, 4) is 17.2 Å². The van der Waals surface area contributed by atoms with Gasteiger partial charge in [0.2, 0.25) is 0 Å². The molecule has 1 heterocycles. The van der Waals surface area contributed by atoms with Crippen LogP contribution in [0.5, 0.6) is 17.2 Å². The van der Waals surface area contributed by atoms with Crippen LogP contribution in [0.25, 0.3) is 10.1 Å². The number of hydrogen-bond acceptors (Lipinski definition) is 7. The van der Waals surface area contributed by atoms with Gasteiger partial charge in [0.1, 0.15) is 17.2 Å². The lowest BCUT2D eigenvalue weighted by Gasteiger charge is -2.09. The molecule has 5 aromatic rings. The summed E-state index contributed by atoms with van der Waals surface area (Å²) in [6.45, 7) is 0.353. The highest BCUT2D eigenvalue weighted by Crippen LogP contribution is 2.37. The third-order valence-electron chi connectivity index (χ3n) is 5.93. The summed E-state index contributed by atoms with van der Waals surface area (Å²) in [4.78, 5) is 25.7. The van der Waals surface area contributed by atoms with Crippen LogP contribution < -0.4 is 19.6 Å². The number of nitrogens with zero attached hydrogens (tertiary/aromatic N) is 1. The predicted octanol–water partition coefficient (Wildman–Crippen LogP) is 7.78. The first-order valence-corrected chi connectivity index (χ1v) is 13.9. The lowest BCUT2D eigenvalue weighted by atomic mass is 10.1. The van der Waals surface area contributed by atoms with E-state index in [0.717, 1.165) is 15.6 Å². The molecule has 1 amide bonds. The van der Waals surface area contributed by atoms with E-state index in [1.165, 1.54) is 24.7 Å². The Bertz CT molecular complexity index is 1730. The molecule has 0 radical (unpaired) electrons. The molecule has 0 bridgehead atoms. The molecule has 4 aromatic carbocycles. The number of esters is 1. The van der Waals surface area contributed by atoms with E-state index in [1.807, 2.05) is 36.4 Å². The van der Waals surface area contributed by atoms with Crippen LogP contribution in [-0.4, -0.2) is 25.2 Å². The highest BCUT2D eigenvalue weighted by Gasteiger charge is 2.20. The number of thiophene rings is 1. The predicted molar refractivity (Wildman–Crippen MR) is 162 cm³/mol. The maximum atomic E-state index is 12.8. The number of hydrogen-bond donors (Lipinski definition) is 1. The van der Waals surface area contributed by atoms with Gasteiger partial charge >= 0.3 is 5.97 Å². The first kappa shape index (κ1) is 28.2. The number of carbonyl (C=O) groups excluding carboxylic acids is 2. The fraction of sp³-hybridized carbons (Fsp3) is 0.0645. The van der Waals surface area contributed by atoms with Gasteiger partial charge in [0.15, 0.2) is 11.5 Å². The standard InChI is InChI=1S/C31H22Cl2N2O5S/c1-38-26-16-20(8-15-25(26)40-31(37)29-28(33)24-4-2-3-5-27(24)41-29)17-34-35-30(36)21-9-6-19(7-10-21)18-39-23-13-11-22(32)12-14-23/h2-17H,18H2,1H3,(H,35,36)/b34-17+. The van der Waals surface area contributed by atoms with E-state index in [0.29, 0.717) is 44.2 Å². The van der Waals surface area contributed by atoms with Crippen molar-refractivity contribution in [1.82, 2.24) is 5.43 Å². The number of carbonyl (C=O) groups is 2. The van der Waals surface area contributed by atoms with Crippen LogP contribution in [-0.2, 0) is 6.61 Å². The van der Waals surface area contributed by atoms with Crippen LogP contribution in [0, 0.1) is 0 Å². The van der Waals surface area contributed by atoms with Crippen LogP contribution >= 0.6 is 34.5 Å². The molecule has 0 fully saturated rings. The molecule has 206 valence electrons. The smallest absolute Gasteiger partial charge is 0.355 e. The molecule has 5 rings (SSSR count). The number of methoxy groups -OCH3 is 1. The molecule has 1 N–H and O–H groups in total. The van der Waals surface area contributed by atoms with E-state index in [1.54, 1.807) is 54.6 Å². The molecule has 0 aliphatic rings. The van der Waals surface area contributed by atoms with Gasteiger partial charge < -0.3 is 14.2 Å². The highest BCUT2D eigenvalue weighted by atomic mass is 35.5. The molecule has 1 aromatic heterocycles. The zero-order chi connectivity index (χ0) is 28.8. The first-order valence-electron chi connectivity index (χ1n) is 12.3. The Labute approximate surface area is 249 Å². The summed E-state index contributed by atoms with van der Waals surface area (Å²) in [6.07, 6.45) is 1.46. The summed E-state index contributed by atoms with van der Waals surface area (Å²) < 4.78 is 17.6. The van der Waals surface area contributed by atoms with Crippen molar-refractivity contribution in [2.75, 3.05) is 7.11 Å². The molecule has 10 heteroatoms. The fourth-order valence-corrected chi connectivity index (χ4v) is 5.33. The lowest BCUT2D eigenvalue weighted by molar-refractivity contribution is 0.0734. The molecule has 0 atom stereocenters. The van der Waals surface area contributed by atoms with Gasteiger partial charge in [0.05, 0.1) is 18.3 Å². The maximum Gasteiger partial charge on any atom is 0.355 e. The van der Waals surface area contributed by atoms with Crippen molar-refractivity contribution >= 4 is 62.7 Å². The molecule has 0 unspecified atom stereocenters. The van der Waals surface area contributed by atoms with Gasteiger partial charge in [-0.3, -0.25) is 4.79 Å². The number of hydrazone groups is 1. The van der Waals surface area contributed by atoms with E-state index < -0.39 is 5.97 Å². The second-order valence-corrected chi connectivity index (χ2v) is 10.5. The Morgan fingerprint density at radius 1 is 0.927 bits per heavy atom. The first-order chi connectivity index (χ1) is 19.9. The minimum atomic E-state index is -0.578. The average molecular weight is 605 g/mol. The van der Waals surface area contributed by atoms with Crippen molar-refractivity contribution in [2.45, 2.75) is 6.61 Å². The van der Waals surface area contributed by atoms with Crippen LogP contribution in [0.15, 0.2) is 96.1 Å². The van der Waals surface area contributed by atoms with Crippen molar-refractivity contribution < 1.29 is 23.8 Å². The third kappa shape index (κ3) is 6.86. The minimum Gasteiger partial charge on any atom is -0.493 e. The van der Waals surface area contributed by atoms with Gasteiger partial charge in [-0.1, -0.05) is 53.5 Å². The number of amides is 1. The Balaban J connectivity index is 1.17. The summed E-state index contributed by atoms with van der Waals surface area (Å²) >= 11 is 13.6. The molecule has 0 saturated carbocycles. The van der Waals surface area contributed by atoms with Gasteiger partial charge in [-0.05, 0) is 71.8 Å². The van der Waals surface area contributed by atoms with Crippen LogP contribution in [0.2, 0.25) is 10.0 Å². The Hall–Kier alpha value is -4.37. The summed E-state index contributed by atoms with van der Waals surface area (Å²) in [6, 6.07) is 26.5. The molecule has 0 saturated heterocycles. The second-order valence-electron chi connectivity index (χ2n) is 8.68. The number of fused-ring (bicyclic) bond motifs is 1. The van der Waals surface area contributed by atoms with E-state index in [4.69, 9.17) is 37.4 Å². The van der Waals surface area contributed by atoms with Crippen molar-refractivity contribution in [1.29, 1.82) is 0 Å². The fourth-order valence-electron chi connectivity index (χ4n) is 3.82. The van der Waals surface area contributed by atoms with E-state index in [9.17, 15) is 9.59 Å². The SMILES string of the molecule is COc1cc(/C=N/NC(=O)c2ccc(COc3ccc(Cl)cc3)cc2)ccc1OC(=O)c1sc2ccccc2c1Cl. The molecule has 0 spiro atoms. The number of ether oxygens (including phenoxy) is 3. The topological polar surface area (TPSA) is 86.2 Å². The lowest BCUT2D eigenvalue weighted by Crippen LogP contribution is -2.17. The minimum absolute atomic E-state index is 0.229. The zero-order valence-corrected chi connectivity index (χ0v) is 23.9. The normalized spacial score (nSPS) is 11.0. The van der Waals surface area contributed by atoms with Crippen LogP contribution in [0.4, 0.5) is 0 Å². The van der Waals surface area contributed by atoms with Gasteiger partial charge in [-0.2, -0.15) is 5.10 Å². The zero-order valence-electron chi connectivity index (χ0n) is 21.6. The molecule has 41 heavy (non-hydrogen) atoms. The molecular formula is C31H22Cl2N2O5S. The molecule has 0 aliphatic carbocycles. The number of halogens is 2. The quantitative estimate of drug-likeness (QED) is 0.0803. The molecule has 0 aliphatic heterocycles. The number of benzene rings is 4. The summed E-state index contributed by atoms with van der Waals surface area (Å²) in [5, 5.41) is 5.83. The van der Waals surface area contributed by atoms with Crippen LogP contribution in [0.3, 0.4) is 0 Å². The van der Waals surface area contributed by atoms with Gasteiger partial charge in [0, 0.05) is 20.7 Å². The third-order valence-corrected chi connectivity index (χ3v) is 7.83. The monoisotopic (exact) mass is 604 g/mol. The van der Waals surface area contributed by atoms with E-state index in [2.05, 4.69) is 10.5 Å². The second kappa shape index (κ2) is 12.9. The highest BCUT2D eigenvalue weighted by molar-refractivity contribution is 7.21. The average Bonchev–Trinajstić information content (AvgIpc) is 3.34. The van der Waals surface area contributed by atoms with E-state index in [-0.39, 0.29) is 11.7 Å². The Kier molecular flexibility index (Phi) is 8.84. The van der Waals surface area contributed by atoms with Crippen LogP contribution in [0.1, 0.15) is 31.2 Å².